The molecule has 2 bridgehead atoms. The molecule has 0 aromatic rings. The number of allylic oxidation sites excluding steroid dienone is 2. The third kappa shape index (κ3) is 2.19. The van der Waals surface area contributed by atoms with Crippen molar-refractivity contribution in [3.05, 3.63) is 23.3 Å². The zero-order valence-electron chi connectivity index (χ0n) is 10.8. The topological polar surface area (TPSA) is 52.6 Å². The highest BCUT2D eigenvalue weighted by Gasteiger charge is 2.39. The second-order valence-corrected chi connectivity index (χ2v) is 4.44. The van der Waals surface area contributed by atoms with Crippen molar-refractivity contribution in [2.45, 2.75) is 26.7 Å². The van der Waals surface area contributed by atoms with Crippen LogP contribution in [-0.4, -0.2) is 25.2 Å². The zero-order chi connectivity index (χ0) is 13.1. The van der Waals surface area contributed by atoms with Crippen LogP contribution in [0.25, 0.3) is 0 Å². The fourth-order valence-corrected chi connectivity index (χ4v) is 2.64. The zero-order valence-corrected chi connectivity index (χ0v) is 10.8. The second kappa shape index (κ2) is 5.38. The molecule has 18 heavy (non-hydrogen) atoms. The highest BCUT2D eigenvalue weighted by molar-refractivity contribution is 6.02. The van der Waals surface area contributed by atoms with Crippen molar-refractivity contribution in [1.29, 1.82) is 0 Å². The number of hydrogen-bond donors (Lipinski definition) is 0. The summed E-state index contributed by atoms with van der Waals surface area (Å²) in [5.41, 5.74) is 1.02. The summed E-state index contributed by atoms with van der Waals surface area (Å²) in [5.74, 6) is -0.735. The molecule has 0 amide bonds. The molecule has 3 rings (SSSR count). The van der Waals surface area contributed by atoms with Gasteiger partial charge in [0.2, 0.25) is 0 Å². The van der Waals surface area contributed by atoms with Crippen molar-refractivity contribution >= 4 is 11.9 Å². The molecule has 0 saturated heterocycles. The summed E-state index contributed by atoms with van der Waals surface area (Å²) < 4.78 is 10.1. The predicted octanol–water partition coefficient (Wildman–Crippen LogP) is 2.01. The molecule has 0 radical (unpaired) electrons. The van der Waals surface area contributed by atoms with Crippen molar-refractivity contribution < 1.29 is 19.1 Å². The summed E-state index contributed by atoms with van der Waals surface area (Å²) in [7, 11) is 0. The molecule has 2 unspecified atom stereocenters. The van der Waals surface area contributed by atoms with Gasteiger partial charge in [0.1, 0.15) is 0 Å². The maximum absolute atomic E-state index is 12.0. The summed E-state index contributed by atoms with van der Waals surface area (Å²) in [6.45, 7) is 4.16. The minimum atomic E-state index is -0.375. The monoisotopic (exact) mass is 250 g/mol. The van der Waals surface area contributed by atoms with E-state index in [-0.39, 0.29) is 23.8 Å². The molecule has 0 aromatic carbocycles. The number of ether oxygens (including phenoxy) is 2. The smallest absolute Gasteiger partial charge is 0.335 e. The van der Waals surface area contributed by atoms with Crippen LogP contribution in [-0.2, 0) is 19.1 Å². The third-order valence-electron chi connectivity index (χ3n) is 3.39. The Balaban J connectivity index is 2.35. The molecular formula is C14H18O4. The van der Waals surface area contributed by atoms with Gasteiger partial charge in [-0.2, -0.15) is 0 Å². The van der Waals surface area contributed by atoms with E-state index >= 15 is 0 Å². The Hall–Kier alpha value is -1.58. The van der Waals surface area contributed by atoms with Crippen molar-refractivity contribution in [2.24, 2.45) is 11.8 Å². The highest BCUT2D eigenvalue weighted by atomic mass is 16.5. The van der Waals surface area contributed by atoms with Crippen LogP contribution >= 0.6 is 0 Å². The van der Waals surface area contributed by atoms with Gasteiger partial charge in [0.25, 0.3) is 0 Å². The van der Waals surface area contributed by atoms with E-state index in [1.165, 1.54) is 0 Å². The lowest BCUT2D eigenvalue weighted by molar-refractivity contribution is -0.143. The molecule has 0 spiro atoms. The van der Waals surface area contributed by atoms with Crippen molar-refractivity contribution in [1.82, 2.24) is 0 Å². The average Bonchev–Trinajstić information content (AvgIpc) is 2.39. The highest BCUT2D eigenvalue weighted by Crippen LogP contribution is 2.41. The maximum atomic E-state index is 12.0. The van der Waals surface area contributed by atoms with Gasteiger partial charge in [-0.25, -0.2) is 9.59 Å². The Labute approximate surface area is 107 Å². The van der Waals surface area contributed by atoms with E-state index in [1.54, 1.807) is 13.8 Å². The Morgan fingerprint density at radius 1 is 1.00 bits per heavy atom. The molecule has 4 nitrogen and oxygen atoms in total. The van der Waals surface area contributed by atoms with Gasteiger partial charge in [-0.05, 0) is 26.7 Å². The quantitative estimate of drug-likeness (QED) is 0.565. The van der Waals surface area contributed by atoms with E-state index in [9.17, 15) is 9.59 Å². The molecule has 0 N–H and O–H groups in total. The first-order valence-corrected chi connectivity index (χ1v) is 6.45. The maximum Gasteiger partial charge on any atom is 0.335 e. The molecule has 4 heteroatoms. The standard InChI is InChI=1S/C14H18O4/c1-3-17-13(15)11-9-5-7-10(8-6-9)12(11)14(16)18-4-2/h5,7,9-10H,3-4,6,8H2,1-2H3. The predicted molar refractivity (Wildman–Crippen MR) is 65.6 cm³/mol. The van der Waals surface area contributed by atoms with Crippen molar-refractivity contribution in [3.63, 3.8) is 0 Å². The van der Waals surface area contributed by atoms with Crippen LogP contribution in [0, 0.1) is 11.8 Å². The molecule has 0 saturated carbocycles. The van der Waals surface area contributed by atoms with Crippen LogP contribution in [0.15, 0.2) is 23.3 Å². The Morgan fingerprint density at radius 2 is 1.39 bits per heavy atom. The minimum absolute atomic E-state index is 0.00783. The van der Waals surface area contributed by atoms with Crippen LogP contribution < -0.4 is 0 Å². The van der Waals surface area contributed by atoms with Crippen LogP contribution in [0.3, 0.4) is 0 Å². The normalized spacial score (nSPS) is 25.2. The summed E-state index contributed by atoms with van der Waals surface area (Å²) in [6.07, 6.45) is 5.81. The first-order valence-electron chi connectivity index (χ1n) is 6.45. The van der Waals surface area contributed by atoms with Gasteiger partial charge in [-0.3, -0.25) is 0 Å². The number of fused-ring (bicyclic) bond motifs is 1. The largest absolute Gasteiger partial charge is 0.463 e. The van der Waals surface area contributed by atoms with Gasteiger partial charge in [-0.15, -0.1) is 0 Å². The van der Waals surface area contributed by atoms with Crippen LogP contribution in [0.2, 0.25) is 0 Å². The third-order valence-corrected chi connectivity index (χ3v) is 3.39. The molecule has 2 atom stereocenters. The molecule has 0 aliphatic heterocycles. The Bertz CT molecular complexity index is 382. The van der Waals surface area contributed by atoms with Gasteiger partial charge >= 0.3 is 11.9 Å². The molecule has 3 aliphatic rings. The number of rotatable bonds is 4. The molecule has 0 heterocycles. The minimum Gasteiger partial charge on any atom is -0.463 e. The molecule has 0 fully saturated rings. The van der Waals surface area contributed by atoms with Gasteiger partial charge in [0.05, 0.1) is 24.4 Å². The summed E-state index contributed by atoms with van der Waals surface area (Å²) >= 11 is 0. The van der Waals surface area contributed by atoms with Gasteiger partial charge in [-0.1, -0.05) is 12.2 Å². The summed E-state index contributed by atoms with van der Waals surface area (Å²) in [4.78, 5) is 24.0. The van der Waals surface area contributed by atoms with E-state index < -0.39 is 0 Å². The molecule has 98 valence electrons. The molecule has 0 aromatic heterocycles. The number of esters is 2. The van der Waals surface area contributed by atoms with E-state index in [4.69, 9.17) is 9.47 Å². The number of carbonyl (C=O) groups is 2. The fourth-order valence-electron chi connectivity index (χ4n) is 2.64. The lowest BCUT2D eigenvalue weighted by Crippen LogP contribution is -2.32. The summed E-state index contributed by atoms with van der Waals surface area (Å²) in [5, 5.41) is 0. The lowest BCUT2D eigenvalue weighted by Gasteiger charge is -2.33. The fraction of sp³-hybridized carbons (Fsp3) is 0.571. The lowest BCUT2D eigenvalue weighted by atomic mass is 9.71. The average molecular weight is 250 g/mol. The molecular weight excluding hydrogens is 232 g/mol. The SMILES string of the molecule is CCOC(=O)C1=C(C(=O)OCC)C2C=CC1CC2. The van der Waals surface area contributed by atoms with Crippen LogP contribution in [0.1, 0.15) is 26.7 Å². The first-order chi connectivity index (χ1) is 8.69. The number of carbonyl (C=O) groups excluding carboxylic acids is 2. The Morgan fingerprint density at radius 3 is 1.67 bits per heavy atom. The summed E-state index contributed by atoms with van der Waals surface area (Å²) in [6, 6.07) is 0. The second-order valence-electron chi connectivity index (χ2n) is 4.44. The van der Waals surface area contributed by atoms with Crippen LogP contribution in [0.4, 0.5) is 0 Å². The number of hydrogen-bond acceptors (Lipinski definition) is 4. The van der Waals surface area contributed by atoms with Crippen molar-refractivity contribution in [3.8, 4) is 0 Å². The van der Waals surface area contributed by atoms with Gasteiger partial charge in [0.15, 0.2) is 0 Å². The van der Waals surface area contributed by atoms with Crippen LogP contribution in [0.5, 0.6) is 0 Å². The molecule has 3 aliphatic carbocycles. The van der Waals surface area contributed by atoms with Gasteiger partial charge in [0, 0.05) is 11.8 Å². The van der Waals surface area contributed by atoms with E-state index in [1.807, 2.05) is 12.2 Å². The first kappa shape index (κ1) is 12.9. The van der Waals surface area contributed by atoms with Gasteiger partial charge < -0.3 is 9.47 Å². The van der Waals surface area contributed by atoms with E-state index in [2.05, 4.69) is 0 Å². The Kier molecular flexibility index (Phi) is 3.84. The van der Waals surface area contributed by atoms with Crippen molar-refractivity contribution in [2.75, 3.05) is 13.2 Å². The van der Waals surface area contributed by atoms with E-state index in [0.29, 0.717) is 24.4 Å². The van der Waals surface area contributed by atoms with E-state index in [0.717, 1.165) is 12.8 Å².